The Hall–Kier alpha value is -1.38. The summed E-state index contributed by atoms with van der Waals surface area (Å²) in [6.07, 6.45) is -0.581. The Morgan fingerprint density at radius 2 is 2.38 bits per heavy atom. The molecule has 1 aromatic heterocycles. The average Bonchev–Trinajstić information content (AvgIpc) is 2.86. The lowest BCUT2D eigenvalue weighted by Gasteiger charge is -2.03. The van der Waals surface area contributed by atoms with Gasteiger partial charge in [0, 0.05) is 27.9 Å². The summed E-state index contributed by atoms with van der Waals surface area (Å²) < 4.78 is 22.4. The van der Waals surface area contributed by atoms with Crippen molar-refractivity contribution in [3.8, 4) is 0 Å². The largest absolute Gasteiger partial charge is 0.450 e. The summed E-state index contributed by atoms with van der Waals surface area (Å²) in [7, 11) is 0. The first-order chi connectivity index (χ1) is 10.1. The minimum absolute atomic E-state index is 0.276. The van der Waals surface area contributed by atoms with Crippen LogP contribution in [0, 0.1) is 5.82 Å². The van der Waals surface area contributed by atoms with Gasteiger partial charge in [-0.05, 0) is 19.1 Å². The molecule has 1 aromatic carbocycles. The Morgan fingerprint density at radius 3 is 3.10 bits per heavy atom. The van der Waals surface area contributed by atoms with Crippen LogP contribution in [0.5, 0.6) is 0 Å². The molecule has 1 heterocycles. The Labute approximate surface area is 134 Å². The van der Waals surface area contributed by atoms with E-state index in [1.165, 1.54) is 17.8 Å². The molecule has 2 aromatic rings. The number of thioether (sulfide) groups is 1. The number of hydrogen-bond acceptors (Lipinski definition) is 6. The SMILES string of the molecule is CCOC(=O)Nc1nc(SCc2c(F)cccc2Cl)ns1. The summed E-state index contributed by atoms with van der Waals surface area (Å²) in [5.74, 6) is -0.0590. The highest BCUT2D eigenvalue weighted by Crippen LogP contribution is 2.28. The molecule has 0 bridgehead atoms. The first-order valence-corrected chi connectivity index (χ1v) is 8.07. The van der Waals surface area contributed by atoms with Gasteiger partial charge in [0.1, 0.15) is 5.82 Å². The average molecular weight is 348 g/mol. The molecule has 21 heavy (non-hydrogen) atoms. The fourth-order valence-corrected chi connectivity index (χ4v) is 3.25. The van der Waals surface area contributed by atoms with E-state index in [0.29, 0.717) is 26.6 Å². The third-order valence-electron chi connectivity index (χ3n) is 2.30. The minimum atomic E-state index is -0.581. The van der Waals surface area contributed by atoms with Gasteiger partial charge in [-0.2, -0.15) is 9.36 Å². The van der Waals surface area contributed by atoms with Crippen LogP contribution in [-0.2, 0) is 10.5 Å². The Morgan fingerprint density at radius 1 is 1.57 bits per heavy atom. The van der Waals surface area contributed by atoms with Crippen LogP contribution < -0.4 is 5.32 Å². The number of halogens is 2. The van der Waals surface area contributed by atoms with Gasteiger partial charge in [-0.25, -0.2) is 9.18 Å². The molecule has 0 radical (unpaired) electrons. The molecule has 0 atom stereocenters. The van der Waals surface area contributed by atoms with Crippen molar-refractivity contribution in [3.63, 3.8) is 0 Å². The van der Waals surface area contributed by atoms with Gasteiger partial charge in [-0.3, -0.25) is 5.32 Å². The molecular weight excluding hydrogens is 337 g/mol. The highest BCUT2D eigenvalue weighted by Gasteiger charge is 2.11. The lowest BCUT2D eigenvalue weighted by Crippen LogP contribution is -2.12. The van der Waals surface area contributed by atoms with E-state index < -0.39 is 6.09 Å². The van der Waals surface area contributed by atoms with Gasteiger partial charge < -0.3 is 4.74 Å². The molecule has 0 aliphatic carbocycles. The highest BCUT2D eigenvalue weighted by atomic mass is 35.5. The van der Waals surface area contributed by atoms with Crippen LogP contribution in [-0.4, -0.2) is 22.1 Å². The molecule has 0 aliphatic heterocycles. The molecule has 1 N–H and O–H groups in total. The topological polar surface area (TPSA) is 64.1 Å². The number of benzene rings is 1. The number of nitrogens with zero attached hydrogens (tertiary/aromatic N) is 2. The Balaban J connectivity index is 1.95. The lowest BCUT2D eigenvalue weighted by atomic mass is 10.2. The third-order valence-corrected chi connectivity index (χ3v) is 4.27. The number of amides is 1. The first-order valence-electron chi connectivity index (χ1n) is 5.93. The van der Waals surface area contributed by atoms with Crippen molar-refractivity contribution in [2.75, 3.05) is 11.9 Å². The summed E-state index contributed by atoms with van der Waals surface area (Å²) in [5.41, 5.74) is 0.402. The second kappa shape index (κ2) is 7.58. The number of hydrogen-bond donors (Lipinski definition) is 1. The number of anilines is 1. The van der Waals surface area contributed by atoms with E-state index in [4.69, 9.17) is 16.3 Å². The van der Waals surface area contributed by atoms with Crippen molar-refractivity contribution in [1.29, 1.82) is 0 Å². The maximum Gasteiger partial charge on any atom is 0.413 e. The van der Waals surface area contributed by atoms with Crippen LogP contribution >= 0.6 is 34.9 Å². The van der Waals surface area contributed by atoms with Gasteiger partial charge >= 0.3 is 6.09 Å². The van der Waals surface area contributed by atoms with Gasteiger partial charge in [-0.1, -0.05) is 29.4 Å². The second-order valence-corrected chi connectivity index (χ2v) is 5.82. The van der Waals surface area contributed by atoms with Crippen molar-refractivity contribution in [2.45, 2.75) is 17.8 Å². The smallest absolute Gasteiger partial charge is 0.413 e. The van der Waals surface area contributed by atoms with Crippen molar-refractivity contribution >= 4 is 46.1 Å². The van der Waals surface area contributed by atoms with Crippen molar-refractivity contribution in [3.05, 3.63) is 34.6 Å². The van der Waals surface area contributed by atoms with E-state index >= 15 is 0 Å². The second-order valence-electron chi connectivity index (χ2n) is 3.72. The van der Waals surface area contributed by atoms with E-state index in [0.717, 1.165) is 11.5 Å². The van der Waals surface area contributed by atoms with E-state index in [1.54, 1.807) is 19.1 Å². The molecular formula is C12H11ClFN3O2S2. The molecule has 0 spiro atoms. The summed E-state index contributed by atoms with van der Waals surface area (Å²) >= 11 is 8.20. The quantitative estimate of drug-likeness (QED) is 0.821. The maximum atomic E-state index is 13.6. The summed E-state index contributed by atoms with van der Waals surface area (Å²) in [5, 5.41) is 3.58. The molecule has 0 fully saturated rings. The van der Waals surface area contributed by atoms with E-state index in [9.17, 15) is 9.18 Å². The lowest BCUT2D eigenvalue weighted by molar-refractivity contribution is 0.168. The van der Waals surface area contributed by atoms with Crippen LogP contribution in [0.25, 0.3) is 0 Å². The van der Waals surface area contributed by atoms with Crippen LogP contribution in [0.2, 0.25) is 5.02 Å². The molecule has 1 amide bonds. The zero-order valence-corrected chi connectivity index (χ0v) is 13.3. The number of rotatable bonds is 5. The van der Waals surface area contributed by atoms with Crippen LogP contribution in [0.3, 0.4) is 0 Å². The predicted molar refractivity (Wildman–Crippen MR) is 81.5 cm³/mol. The number of aromatic nitrogens is 2. The van der Waals surface area contributed by atoms with Gasteiger partial charge in [0.15, 0.2) is 0 Å². The number of ether oxygens (including phenoxy) is 1. The van der Waals surface area contributed by atoms with Crippen molar-refractivity contribution < 1.29 is 13.9 Å². The van der Waals surface area contributed by atoms with Gasteiger partial charge in [0.05, 0.1) is 6.61 Å². The molecule has 2 rings (SSSR count). The standard InChI is InChI=1S/C12H11ClFN3O2S2/c1-2-19-12(18)16-10-15-11(17-21-10)20-6-7-8(13)4-3-5-9(7)14/h3-5H,2,6H2,1H3,(H,15,16,17,18). The fourth-order valence-electron chi connectivity index (χ4n) is 1.38. The molecule has 0 aliphatic rings. The molecule has 0 unspecified atom stereocenters. The molecule has 5 nitrogen and oxygen atoms in total. The molecule has 9 heteroatoms. The number of carbonyl (C=O) groups is 1. The zero-order chi connectivity index (χ0) is 15.2. The zero-order valence-electron chi connectivity index (χ0n) is 10.9. The van der Waals surface area contributed by atoms with Gasteiger partial charge in [0.25, 0.3) is 0 Å². The minimum Gasteiger partial charge on any atom is -0.450 e. The van der Waals surface area contributed by atoms with E-state index in [2.05, 4.69) is 14.7 Å². The summed E-state index contributed by atoms with van der Waals surface area (Å²) in [4.78, 5) is 15.3. The fraction of sp³-hybridized carbons (Fsp3) is 0.250. The highest BCUT2D eigenvalue weighted by molar-refractivity contribution is 7.98. The van der Waals surface area contributed by atoms with Gasteiger partial charge in [0.2, 0.25) is 10.3 Å². The normalized spacial score (nSPS) is 10.4. The van der Waals surface area contributed by atoms with E-state index in [-0.39, 0.29) is 12.4 Å². The Bertz CT molecular complexity index is 618. The van der Waals surface area contributed by atoms with Crippen molar-refractivity contribution in [2.24, 2.45) is 0 Å². The summed E-state index contributed by atoms with van der Waals surface area (Å²) in [6.45, 7) is 1.98. The monoisotopic (exact) mass is 347 g/mol. The molecule has 0 saturated heterocycles. The van der Waals surface area contributed by atoms with Crippen LogP contribution in [0.4, 0.5) is 14.3 Å². The molecule has 0 saturated carbocycles. The maximum absolute atomic E-state index is 13.6. The van der Waals surface area contributed by atoms with Crippen LogP contribution in [0.15, 0.2) is 23.4 Å². The first kappa shape index (κ1) is 16.0. The van der Waals surface area contributed by atoms with Gasteiger partial charge in [-0.15, -0.1) is 0 Å². The van der Waals surface area contributed by atoms with Crippen LogP contribution in [0.1, 0.15) is 12.5 Å². The summed E-state index contributed by atoms with van der Waals surface area (Å²) in [6, 6.07) is 4.53. The number of nitrogens with one attached hydrogen (secondary N) is 1. The van der Waals surface area contributed by atoms with E-state index in [1.807, 2.05) is 0 Å². The third kappa shape index (κ3) is 4.55. The predicted octanol–water partition coefficient (Wildman–Crippen LogP) is 4.19. The Kier molecular flexibility index (Phi) is 5.77. The number of carbonyl (C=O) groups excluding carboxylic acids is 1. The molecule has 112 valence electrons. The van der Waals surface area contributed by atoms with Crippen molar-refractivity contribution in [1.82, 2.24) is 9.36 Å².